The molecule has 0 fully saturated rings. The lowest BCUT2D eigenvalue weighted by Gasteiger charge is -2.10. The van der Waals surface area contributed by atoms with Gasteiger partial charge in [0.15, 0.2) is 0 Å². The van der Waals surface area contributed by atoms with Gasteiger partial charge >= 0.3 is 5.97 Å². The second-order valence-electron chi connectivity index (χ2n) is 3.57. The second-order valence-corrected chi connectivity index (χ2v) is 4.36. The molecule has 1 aromatic rings. The van der Waals surface area contributed by atoms with Gasteiger partial charge in [-0.25, -0.2) is 4.79 Å². The molecule has 0 aromatic heterocycles. The van der Waals surface area contributed by atoms with E-state index in [1.807, 2.05) is 13.0 Å². The van der Waals surface area contributed by atoms with E-state index in [2.05, 4.69) is 0 Å². The number of esters is 1. The summed E-state index contributed by atoms with van der Waals surface area (Å²) >= 11 is 12.0. The third kappa shape index (κ3) is 3.24. The Kier molecular flexibility index (Phi) is 5.03. The third-order valence-corrected chi connectivity index (χ3v) is 3.32. The van der Waals surface area contributed by atoms with E-state index in [0.29, 0.717) is 22.2 Å². The van der Waals surface area contributed by atoms with Crippen molar-refractivity contribution in [3.63, 3.8) is 0 Å². The van der Waals surface area contributed by atoms with Gasteiger partial charge in [-0.15, -0.1) is 0 Å². The lowest BCUT2D eigenvalue weighted by molar-refractivity contribution is -0.138. The van der Waals surface area contributed by atoms with Crippen molar-refractivity contribution in [1.82, 2.24) is 0 Å². The number of halogens is 2. The predicted molar refractivity (Wildman–Crippen MR) is 71.4 cm³/mol. The van der Waals surface area contributed by atoms with Crippen molar-refractivity contribution in [3.8, 4) is 0 Å². The second kappa shape index (κ2) is 6.08. The average molecular weight is 273 g/mol. The number of allylic oxidation sites excluding steroid dienone is 1. The van der Waals surface area contributed by atoms with Crippen LogP contribution in [0.1, 0.15) is 26.3 Å². The van der Waals surface area contributed by atoms with E-state index in [1.54, 1.807) is 26.0 Å². The van der Waals surface area contributed by atoms with Crippen molar-refractivity contribution < 1.29 is 9.53 Å². The highest BCUT2D eigenvalue weighted by atomic mass is 35.5. The van der Waals surface area contributed by atoms with Crippen molar-refractivity contribution in [2.45, 2.75) is 20.8 Å². The van der Waals surface area contributed by atoms with E-state index in [1.165, 1.54) is 0 Å². The quantitative estimate of drug-likeness (QED) is 0.604. The summed E-state index contributed by atoms with van der Waals surface area (Å²) in [5.74, 6) is -0.332. The van der Waals surface area contributed by atoms with E-state index in [9.17, 15) is 4.79 Å². The molecule has 0 aliphatic carbocycles. The van der Waals surface area contributed by atoms with Crippen LogP contribution in [-0.2, 0) is 9.53 Å². The number of carbonyl (C=O) groups excluding carboxylic acids is 1. The van der Waals surface area contributed by atoms with Gasteiger partial charge in [-0.05, 0) is 38.0 Å². The first-order valence-electron chi connectivity index (χ1n) is 5.28. The summed E-state index contributed by atoms with van der Waals surface area (Å²) in [6, 6.07) is 5.33. The van der Waals surface area contributed by atoms with E-state index in [-0.39, 0.29) is 5.97 Å². The van der Waals surface area contributed by atoms with Crippen molar-refractivity contribution in [1.29, 1.82) is 0 Å². The van der Waals surface area contributed by atoms with Crippen LogP contribution in [0.3, 0.4) is 0 Å². The zero-order valence-corrected chi connectivity index (χ0v) is 11.5. The van der Waals surface area contributed by atoms with Crippen LogP contribution in [-0.4, -0.2) is 12.6 Å². The van der Waals surface area contributed by atoms with Crippen LogP contribution in [0.15, 0.2) is 23.8 Å². The smallest absolute Gasteiger partial charge is 0.333 e. The molecule has 0 radical (unpaired) electrons. The maximum Gasteiger partial charge on any atom is 0.333 e. The zero-order valence-electron chi connectivity index (χ0n) is 10.0. The van der Waals surface area contributed by atoms with Crippen LogP contribution in [0, 0.1) is 0 Å². The molecule has 92 valence electrons. The summed E-state index contributed by atoms with van der Waals surface area (Å²) < 4.78 is 4.94. The SMILES string of the molecule is CCOC(=O)/C(C)=C(/C)c1cccc(Cl)c1Cl. The monoisotopic (exact) mass is 272 g/mol. The summed E-state index contributed by atoms with van der Waals surface area (Å²) in [6.07, 6.45) is 0. The van der Waals surface area contributed by atoms with Gasteiger partial charge in [-0.1, -0.05) is 35.3 Å². The van der Waals surface area contributed by atoms with Gasteiger partial charge in [0.2, 0.25) is 0 Å². The molecule has 0 aliphatic heterocycles. The number of hydrogen-bond donors (Lipinski definition) is 0. The number of hydrogen-bond acceptors (Lipinski definition) is 2. The molecule has 0 saturated carbocycles. The van der Waals surface area contributed by atoms with Gasteiger partial charge in [0.25, 0.3) is 0 Å². The lowest BCUT2D eigenvalue weighted by atomic mass is 10.0. The maximum absolute atomic E-state index is 11.6. The molecule has 0 amide bonds. The number of carbonyl (C=O) groups is 1. The summed E-state index contributed by atoms with van der Waals surface area (Å²) in [5.41, 5.74) is 2.07. The fraction of sp³-hybridized carbons (Fsp3) is 0.308. The van der Waals surface area contributed by atoms with Crippen molar-refractivity contribution in [3.05, 3.63) is 39.4 Å². The largest absolute Gasteiger partial charge is 0.463 e. The third-order valence-electron chi connectivity index (χ3n) is 2.50. The van der Waals surface area contributed by atoms with Gasteiger partial charge in [0.1, 0.15) is 0 Å². The Morgan fingerprint density at radius 3 is 2.53 bits per heavy atom. The number of ether oxygens (including phenoxy) is 1. The van der Waals surface area contributed by atoms with Crippen LogP contribution in [0.4, 0.5) is 0 Å². The molecule has 0 aliphatic rings. The Hall–Kier alpha value is -0.990. The molecular weight excluding hydrogens is 259 g/mol. The molecule has 1 aromatic carbocycles. The fourth-order valence-electron chi connectivity index (χ4n) is 1.39. The van der Waals surface area contributed by atoms with E-state index < -0.39 is 0 Å². The lowest BCUT2D eigenvalue weighted by Crippen LogP contribution is -2.06. The van der Waals surface area contributed by atoms with Gasteiger partial charge in [-0.3, -0.25) is 0 Å². The van der Waals surface area contributed by atoms with E-state index >= 15 is 0 Å². The van der Waals surface area contributed by atoms with Crippen molar-refractivity contribution >= 4 is 34.7 Å². The minimum absolute atomic E-state index is 0.332. The molecular formula is C13H14Cl2O2. The first-order chi connectivity index (χ1) is 7.99. The van der Waals surface area contributed by atoms with Crippen molar-refractivity contribution in [2.24, 2.45) is 0 Å². The first kappa shape index (κ1) is 14.1. The highest BCUT2D eigenvalue weighted by molar-refractivity contribution is 6.43. The van der Waals surface area contributed by atoms with Crippen LogP contribution in [0.5, 0.6) is 0 Å². The molecule has 0 bridgehead atoms. The molecule has 0 N–H and O–H groups in total. The summed E-state index contributed by atoms with van der Waals surface area (Å²) in [4.78, 5) is 11.6. The molecule has 0 spiro atoms. The Morgan fingerprint density at radius 1 is 1.29 bits per heavy atom. The summed E-state index contributed by atoms with van der Waals surface area (Å²) in [5, 5.41) is 0.926. The van der Waals surface area contributed by atoms with Gasteiger partial charge in [0, 0.05) is 5.57 Å². The number of rotatable bonds is 3. The zero-order chi connectivity index (χ0) is 13.0. The molecule has 2 nitrogen and oxygen atoms in total. The number of benzene rings is 1. The molecule has 0 unspecified atom stereocenters. The average Bonchev–Trinajstić information content (AvgIpc) is 2.31. The highest BCUT2D eigenvalue weighted by Gasteiger charge is 2.13. The minimum atomic E-state index is -0.332. The van der Waals surface area contributed by atoms with Crippen LogP contribution >= 0.6 is 23.2 Å². The van der Waals surface area contributed by atoms with E-state index in [0.717, 1.165) is 11.1 Å². The Bertz CT molecular complexity index is 464. The maximum atomic E-state index is 11.6. The van der Waals surface area contributed by atoms with Crippen molar-refractivity contribution in [2.75, 3.05) is 6.61 Å². The predicted octanol–water partition coefficient (Wildman–Crippen LogP) is 4.35. The fourth-order valence-corrected chi connectivity index (χ4v) is 1.83. The van der Waals surface area contributed by atoms with Crippen LogP contribution in [0.25, 0.3) is 5.57 Å². The molecule has 0 atom stereocenters. The Labute approximate surface area is 111 Å². The standard InChI is InChI=1S/C13H14Cl2O2/c1-4-17-13(16)9(3)8(2)10-6-5-7-11(14)12(10)15/h5-7H,4H2,1-3H3/b9-8-. The van der Waals surface area contributed by atoms with E-state index in [4.69, 9.17) is 27.9 Å². The molecule has 4 heteroatoms. The topological polar surface area (TPSA) is 26.3 Å². The molecule has 1 rings (SSSR count). The Morgan fingerprint density at radius 2 is 1.94 bits per heavy atom. The first-order valence-corrected chi connectivity index (χ1v) is 6.03. The molecule has 17 heavy (non-hydrogen) atoms. The normalized spacial score (nSPS) is 12.1. The molecule has 0 heterocycles. The Balaban J connectivity index is 3.19. The van der Waals surface area contributed by atoms with Gasteiger partial charge in [-0.2, -0.15) is 0 Å². The van der Waals surface area contributed by atoms with Gasteiger partial charge < -0.3 is 4.74 Å². The minimum Gasteiger partial charge on any atom is -0.463 e. The van der Waals surface area contributed by atoms with Crippen LogP contribution < -0.4 is 0 Å². The summed E-state index contributed by atoms with van der Waals surface area (Å²) in [7, 11) is 0. The molecule has 0 saturated heterocycles. The highest BCUT2D eigenvalue weighted by Crippen LogP contribution is 2.31. The summed E-state index contributed by atoms with van der Waals surface area (Å²) in [6.45, 7) is 5.66. The van der Waals surface area contributed by atoms with Gasteiger partial charge in [0.05, 0.1) is 16.7 Å². The van der Waals surface area contributed by atoms with Crippen LogP contribution in [0.2, 0.25) is 10.0 Å².